The van der Waals surface area contributed by atoms with Crippen molar-refractivity contribution in [3.05, 3.63) is 12.2 Å². The summed E-state index contributed by atoms with van der Waals surface area (Å²) in [5.41, 5.74) is 3.77. The SMILES string of the molecule is C=C(C)C(=O)C(N)(O)CC. The molecule has 3 N–H and O–H groups in total. The lowest BCUT2D eigenvalue weighted by Crippen LogP contribution is -2.47. The maximum Gasteiger partial charge on any atom is 0.204 e. The van der Waals surface area contributed by atoms with Crippen molar-refractivity contribution in [3.63, 3.8) is 0 Å². The second kappa shape index (κ2) is 2.94. The van der Waals surface area contributed by atoms with Gasteiger partial charge in [0.15, 0.2) is 5.72 Å². The van der Waals surface area contributed by atoms with Gasteiger partial charge in [0.05, 0.1) is 0 Å². The minimum atomic E-state index is -1.72. The van der Waals surface area contributed by atoms with Gasteiger partial charge < -0.3 is 5.11 Å². The Morgan fingerprint density at radius 2 is 2.20 bits per heavy atom. The molecule has 0 rings (SSSR count). The number of ketones is 1. The number of carbonyl (C=O) groups excluding carboxylic acids is 1. The molecule has 0 bridgehead atoms. The smallest absolute Gasteiger partial charge is 0.204 e. The Morgan fingerprint density at radius 1 is 1.80 bits per heavy atom. The van der Waals surface area contributed by atoms with E-state index in [1.165, 1.54) is 6.92 Å². The third kappa shape index (κ3) is 1.93. The summed E-state index contributed by atoms with van der Waals surface area (Å²) in [7, 11) is 0. The number of carbonyl (C=O) groups is 1. The molecular weight excluding hydrogens is 130 g/mol. The van der Waals surface area contributed by atoms with Crippen LogP contribution in [0.2, 0.25) is 0 Å². The molecule has 0 heterocycles. The largest absolute Gasteiger partial charge is 0.369 e. The number of rotatable bonds is 3. The quantitative estimate of drug-likeness (QED) is 0.438. The highest BCUT2D eigenvalue weighted by molar-refractivity contribution is 6.00. The minimum absolute atomic E-state index is 0.207. The van der Waals surface area contributed by atoms with Crippen LogP contribution in [0.4, 0.5) is 0 Å². The summed E-state index contributed by atoms with van der Waals surface area (Å²) in [6.45, 7) is 6.54. The average molecular weight is 143 g/mol. The van der Waals surface area contributed by atoms with Crippen LogP contribution in [0.15, 0.2) is 12.2 Å². The monoisotopic (exact) mass is 143 g/mol. The fourth-order valence-electron chi connectivity index (χ4n) is 0.530. The Kier molecular flexibility index (Phi) is 2.75. The standard InChI is InChI=1S/C7H13NO2/c1-4-7(8,10)6(9)5(2)3/h10H,2,4,8H2,1,3H3. The Hall–Kier alpha value is -0.670. The third-order valence-corrected chi connectivity index (χ3v) is 1.32. The van der Waals surface area contributed by atoms with Gasteiger partial charge in [0.2, 0.25) is 5.78 Å². The molecule has 0 aromatic carbocycles. The summed E-state index contributed by atoms with van der Waals surface area (Å²) in [5, 5.41) is 9.13. The van der Waals surface area contributed by atoms with Crippen LogP contribution in [0.3, 0.4) is 0 Å². The van der Waals surface area contributed by atoms with Crippen molar-refractivity contribution in [2.75, 3.05) is 0 Å². The van der Waals surface area contributed by atoms with Crippen molar-refractivity contribution < 1.29 is 9.90 Å². The molecule has 0 aromatic rings. The second-order valence-electron chi connectivity index (χ2n) is 2.39. The van der Waals surface area contributed by atoms with E-state index < -0.39 is 11.5 Å². The maximum atomic E-state index is 10.9. The van der Waals surface area contributed by atoms with E-state index in [1.54, 1.807) is 6.92 Å². The van der Waals surface area contributed by atoms with Crippen LogP contribution in [0, 0.1) is 0 Å². The Morgan fingerprint density at radius 3 is 2.30 bits per heavy atom. The summed E-state index contributed by atoms with van der Waals surface area (Å²) in [6, 6.07) is 0. The second-order valence-corrected chi connectivity index (χ2v) is 2.39. The Balaban J connectivity index is 4.33. The minimum Gasteiger partial charge on any atom is -0.369 e. The summed E-state index contributed by atoms with van der Waals surface area (Å²) in [5.74, 6) is -0.491. The molecule has 0 spiro atoms. The van der Waals surface area contributed by atoms with Gasteiger partial charge in [-0.25, -0.2) is 0 Å². The predicted octanol–water partition coefficient (Wildman–Crippen LogP) is 0.189. The summed E-state index contributed by atoms with van der Waals surface area (Å²) >= 11 is 0. The van der Waals surface area contributed by atoms with E-state index in [-0.39, 0.29) is 12.0 Å². The van der Waals surface area contributed by atoms with Gasteiger partial charge in [-0.3, -0.25) is 10.5 Å². The van der Waals surface area contributed by atoms with E-state index >= 15 is 0 Å². The number of aliphatic hydroxyl groups is 1. The Labute approximate surface area is 60.5 Å². The van der Waals surface area contributed by atoms with Crippen molar-refractivity contribution in [3.8, 4) is 0 Å². The zero-order chi connectivity index (χ0) is 8.36. The van der Waals surface area contributed by atoms with Gasteiger partial charge in [0, 0.05) is 0 Å². The van der Waals surface area contributed by atoms with Crippen LogP contribution in [0.5, 0.6) is 0 Å². The van der Waals surface area contributed by atoms with Gasteiger partial charge >= 0.3 is 0 Å². The first kappa shape index (κ1) is 9.33. The third-order valence-electron chi connectivity index (χ3n) is 1.32. The molecule has 0 saturated heterocycles. The van der Waals surface area contributed by atoms with Crippen LogP contribution in [-0.4, -0.2) is 16.6 Å². The van der Waals surface area contributed by atoms with E-state index in [0.717, 1.165) is 0 Å². The lowest BCUT2D eigenvalue weighted by Gasteiger charge is -2.18. The molecule has 0 aliphatic rings. The summed E-state index contributed by atoms with van der Waals surface area (Å²) in [4.78, 5) is 10.9. The van der Waals surface area contributed by atoms with Crippen molar-refractivity contribution in [1.29, 1.82) is 0 Å². The van der Waals surface area contributed by atoms with Crippen molar-refractivity contribution in [2.24, 2.45) is 5.73 Å². The lowest BCUT2D eigenvalue weighted by molar-refractivity contribution is -0.132. The van der Waals surface area contributed by atoms with E-state index in [1.807, 2.05) is 0 Å². The summed E-state index contributed by atoms with van der Waals surface area (Å²) in [6.07, 6.45) is 0.207. The molecule has 3 heteroatoms. The van der Waals surface area contributed by atoms with Crippen LogP contribution >= 0.6 is 0 Å². The molecule has 0 aliphatic carbocycles. The summed E-state index contributed by atoms with van der Waals surface area (Å²) < 4.78 is 0. The van der Waals surface area contributed by atoms with Gasteiger partial charge in [0.1, 0.15) is 0 Å². The molecule has 0 fully saturated rings. The molecule has 3 nitrogen and oxygen atoms in total. The molecule has 58 valence electrons. The fourth-order valence-corrected chi connectivity index (χ4v) is 0.530. The zero-order valence-corrected chi connectivity index (χ0v) is 6.35. The molecule has 0 radical (unpaired) electrons. The van der Waals surface area contributed by atoms with Gasteiger partial charge in [0.25, 0.3) is 0 Å². The van der Waals surface area contributed by atoms with Crippen LogP contribution in [0.1, 0.15) is 20.3 Å². The highest BCUT2D eigenvalue weighted by Crippen LogP contribution is 2.07. The highest BCUT2D eigenvalue weighted by atomic mass is 16.3. The maximum absolute atomic E-state index is 10.9. The van der Waals surface area contributed by atoms with Gasteiger partial charge in [-0.15, -0.1) is 0 Å². The first-order valence-electron chi connectivity index (χ1n) is 3.13. The van der Waals surface area contributed by atoms with Gasteiger partial charge in [-0.2, -0.15) is 0 Å². The average Bonchev–Trinajstić information content (AvgIpc) is 1.86. The highest BCUT2D eigenvalue weighted by Gasteiger charge is 2.28. The van der Waals surface area contributed by atoms with Gasteiger partial charge in [-0.1, -0.05) is 13.5 Å². The number of hydrogen-bond acceptors (Lipinski definition) is 3. The molecule has 10 heavy (non-hydrogen) atoms. The molecular formula is C7H13NO2. The molecule has 0 aromatic heterocycles. The Bertz CT molecular complexity index is 161. The number of Topliss-reactive ketones (excluding diaryl/α,β-unsaturated/α-hetero) is 1. The van der Waals surface area contributed by atoms with Crippen LogP contribution in [-0.2, 0) is 4.79 Å². The molecule has 0 saturated carbocycles. The van der Waals surface area contributed by atoms with Gasteiger partial charge in [-0.05, 0) is 18.9 Å². The molecule has 1 atom stereocenters. The van der Waals surface area contributed by atoms with Crippen molar-refractivity contribution >= 4 is 5.78 Å². The first-order valence-corrected chi connectivity index (χ1v) is 3.13. The van der Waals surface area contributed by atoms with E-state index in [0.29, 0.717) is 0 Å². The first-order chi connectivity index (χ1) is 4.41. The molecule has 0 amide bonds. The normalized spacial score (nSPS) is 16.0. The van der Waals surface area contributed by atoms with E-state index in [4.69, 9.17) is 10.8 Å². The number of hydrogen-bond donors (Lipinski definition) is 2. The van der Waals surface area contributed by atoms with Crippen LogP contribution < -0.4 is 5.73 Å². The predicted molar refractivity (Wildman–Crippen MR) is 39.2 cm³/mol. The van der Waals surface area contributed by atoms with Crippen LogP contribution in [0.25, 0.3) is 0 Å². The van der Waals surface area contributed by atoms with E-state index in [9.17, 15) is 4.79 Å². The van der Waals surface area contributed by atoms with Crippen molar-refractivity contribution in [2.45, 2.75) is 26.0 Å². The lowest BCUT2D eigenvalue weighted by atomic mass is 10.0. The fraction of sp³-hybridized carbons (Fsp3) is 0.571. The number of nitrogens with two attached hydrogens (primary N) is 1. The zero-order valence-electron chi connectivity index (χ0n) is 6.35. The van der Waals surface area contributed by atoms with Crippen molar-refractivity contribution in [1.82, 2.24) is 0 Å². The molecule has 0 aliphatic heterocycles. The molecule has 1 unspecified atom stereocenters. The van der Waals surface area contributed by atoms with E-state index in [2.05, 4.69) is 6.58 Å². The topological polar surface area (TPSA) is 63.3 Å².